The second kappa shape index (κ2) is 8.11. The van der Waals surface area contributed by atoms with Crippen LogP contribution in [0.2, 0.25) is 0 Å². The van der Waals surface area contributed by atoms with Gasteiger partial charge in [-0.25, -0.2) is 9.97 Å². The predicted molar refractivity (Wildman–Crippen MR) is 117 cm³/mol. The number of fused-ring (bicyclic) bond motifs is 1. The van der Waals surface area contributed by atoms with Crippen LogP contribution < -0.4 is 5.32 Å². The number of amides is 1. The van der Waals surface area contributed by atoms with Crippen molar-refractivity contribution in [1.29, 1.82) is 5.26 Å². The number of carbonyl (C=O) groups is 1. The molecule has 152 valence electrons. The maximum absolute atomic E-state index is 12.5. The normalized spacial score (nSPS) is 14.2. The molecule has 0 aliphatic heterocycles. The summed E-state index contributed by atoms with van der Waals surface area (Å²) in [5.41, 5.74) is 4.60. The Hall–Kier alpha value is -3.46. The second-order valence-electron chi connectivity index (χ2n) is 8.41. The van der Waals surface area contributed by atoms with E-state index in [1.54, 1.807) is 26.1 Å². The molecule has 0 atom stereocenters. The van der Waals surface area contributed by atoms with Crippen LogP contribution in [0.25, 0.3) is 27.9 Å². The van der Waals surface area contributed by atoms with Crippen molar-refractivity contribution in [3.05, 3.63) is 54.0 Å². The van der Waals surface area contributed by atoms with E-state index < -0.39 is 5.41 Å². The number of allylic oxidation sites excluding steroid dienone is 2. The van der Waals surface area contributed by atoms with Crippen molar-refractivity contribution in [1.82, 2.24) is 20.3 Å². The third-order valence-electron chi connectivity index (χ3n) is 5.38. The first-order valence-electron chi connectivity index (χ1n) is 10.3. The fraction of sp³-hybridized carbons (Fsp3) is 0.333. The van der Waals surface area contributed by atoms with Crippen LogP contribution in [0, 0.1) is 16.7 Å². The van der Waals surface area contributed by atoms with Gasteiger partial charge in [-0.2, -0.15) is 5.26 Å². The molecule has 0 spiro atoms. The molecular formula is C24H25N5O. The molecule has 0 radical (unpaired) electrons. The highest BCUT2D eigenvalue weighted by molar-refractivity contribution is 5.93. The third-order valence-corrected chi connectivity index (χ3v) is 5.38. The SMILES string of the molecule is CC(C)(C#N)CNC(=O)c1cccc(-c2cnc3[nH]c(C4=CCCCC4)cc3c2)n1. The zero-order valence-electron chi connectivity index (χ0n) is 17.3. The smallest absolute Gasteiger partial charge is 0.269 e. The van der Waals surface area contributed by atoms with E-state index in [-0.39, 0.29) is 12.5 Å². The molecule has 3 aromatic heterocycles. The first-order chi connectivity index (χ1) is 14.4. The van der Waals surface area contributed by atoms with Crippen molar-refractivity contribution in [3.63, 3.8) is 0 Å². The second-order valence-corrected chi connectivity index (χ2v) is 8.41. The van der Waals surface area contributed by atoms with Gasteiger partial charge < -0.3 is 10.3 Å². The van der Waals surface area contributed by atoms with Crippen molar-refractivity contribution >= 4 is 22.5 Å². The number of hydrogen-bond donors (Lipinski definition) is 2. The number of pyridine rings is 2. The summed E-state index contributed by atoms with van der Waals surface area (Å²) in [7, 11) is 0. The molecule has 1 aliphatic carbocycles. The zero-order chi connectivity index (χ0) is 21.1. The highest BCUT2D eigenvalue weighted by atomic mass is 16.1. The number of H-pyrrole nitrogens is 1. The van der Waals surface area contributed by atoms with Crippen LogP contribution >= 0.6 is 0 Å². The molecule has 6 nitrogen and oxygen atoms in total. The lowest BCUT2D eigenvalue weighted by molar-refractivity contribution is 0.0939. The highest BCUT2D eigenvalue weighted by Crippen LogP contribution is 2.29. The predicted octanol–water partition coefficient (Wildman–Crippen LogP) is 4.86. The summed E-state index contributed by atoms with van der Waals surface area (Å²) in [6.45, 7) is 3.84. The molecule has 6 heteroatoms. The van der Waals surface area contributed by atoms with E-state index >= 15 is 0 Å². The lowest BCUT2D eigenvalue weighted by Crippen LogP contribution is -2.33. The van der Waals surface area contributed by atoms with Gasteiger partial charge in [-0.3, -0.25) is 4.79 Å². The fourth-order valence-corrected chi connectivity index (χ4v) is 3.56. The summed E-state index contributed by atoms with van der Waals surface area (Å²) >= 11 is 0. The molecule has 1 amide bonds. The van der Waals surface area contributed by atoms with Gasteiger partial charge in [-0.15, -0.1) is 0 Å². The Kier molecular flexibility index (Phi) is 5.37. The van der Waals surface area contributed by atoms with Gasteiger partial charge in [0.25, 0.3) is 5.91 Å². The van der Waals surface area contributed by atoms with Crippen molar-refractivity contribution in [2.24, 2.45) is 5.41 Å². The summed E-state index contributed by atoms with van der Waals surface area (Å²) in [5, 5.41) is 12.9. The standard InChI is InChI=1S/C24H25N5O/c1-24(2,14-25)15-27-23(30)20-10-6-9-19(28-20)18-11-17-12-21(29-22(17)26-13-18)16-7-4-3-5-8-16/h6-7,9-13H,3-5,8,15H2,1-2H3,(H,26,29)(H,27,30). The first-order valence-corrected chi connectivity index (χ1v) is 10.3. The summed E-state index contributed by atoms with van der Waals surface area (Å²) in [6.07, 6.45) is 8.81. The highest BCUT2D eigenvalue weighted by Gasteiger charge is 2.19. The Labute approximate surface area is 176 Å². The molecule has 0 aromatic carbocycles. The Morgan fingerprint density at radius 1 is 1.30 bits per heavy atom. The molecule has 3 heterocycles. The van der Waals surface area contributed by atoms with E-state index in [9.17, 15) is 4.79 Å². The minimum absolute atomic E-state index is 0.268. The molecule has 30 heavy (non-hydrogen) atoms. The average molecular weight is 399 g/mol. The summed E-state index contributed by atoms with van der Waals surface area (Å²) in [5.74, 6) is -0.289. The zero-order valence-corrected chi connectivity index (χ0v) is 17.3. The minimum Gasteiger partial charge on any atom is -0.349 e. The Balaban J connectivity index is 1.58. The van der Waals surface area contributed by atoms with Crippen molar-refractivity contribution in [3.8, 4) is 17.3 Å². The lowest BCUT2D eigenvalue weighted by Gasteiger charge is -2.15. The number of hydrogen-bond acceptors (Lipinski definition) is 4. The number of rotatable bonds is 5. The number of nitrogens with one attached hydrogen (secondary N) is 2. The van der Waals surface area contributed by atoms with Crippen LogP contribution in [0.1, 0.15) is 55.7 Å². The van der Waals surface area contributed by atoms with Gasteiger partial charge in [-0.1, -0.05) is 12.1 Å². The number of aromatic nitrogens is 3. The fourth-order valence-electron chi connectivity index (χ4n) is 3.56. The van der Waals surface area contributed by atoms with Gasteiger partial charge in [0, 0.05) is 29.4 Å². The maximum Gasteiger partial charge on any atom is 0.269 e. The van der Waals surface area contributed by atoms with Crippen LogP contribution in [0.3, 0.4) is 0 Å². The van der Waals surface area contributed by atoms with Crippen LogP contribution in [0.4, 0.5) is 0 Å². The van der Waals surface area contributed by atoms with Crippen molar-refractivity contribution in [2.45, 2.75) is 39.5 Å². The van der Waals surface area contributed by atoms with Crippen LogP contribution in [-0.4, -0.2) is 27.4 Å². The molecular weight excluding hydrogens is 374 g/mol. The molecule has 0 saturated heterocycles. The number of aromatic amines is 1. The summed E-state index contributed by atoms with van der Waals surface area (Å²) in [6, 6.07) is 11.7. The molecule has 4 rings (SSSR count). The summed E-state index contributed by atoms with van der Waals surface area (Å²) in [4.78, 5) is 25.0. The molecule has 3 aromatic rings. The Bertz CT molecular complexity index is 1170. The molecule has 0 saturated carbocycles. The quantitative estimate of drug-likeness (QED) is 0.640. The van der Waals surface area contributed by atoms with Crippen LogP contribution in [0.5, 0.6) is 0 Å². The van der Waals surface area contributed by atoms with E-state index in [2.05, 4.69) is 44.5 Å². The maximum atomic E-state index is 12.5. The topological polar surface area (TPSA) is 94.5 Å². The molecule has 0 unspecified atom stereocenters. The van der Waals surface area contributed by atoms with Gasteiger partial charge >= 0.3 is 0 Å². The van der Waals surface area contributed by atoms with Crippen molar-refractivity contribution in [2.75, 3.05) is 6.54 Å². The minimum atomic E-state index is -0.623. The largest absolute Gasteiger partial charge is 0.349 e. The first kappa shape index (κ1) is 19.8. The van der Waals surface area contributed by atoms with E-state index in [1.807, 2.05) is 12.1 Å². The monoisotopic (exact) mass is 399 g/mol. The van der Waals surface area contributed by atoms with Crippen molar-refractivity contribution < 1.29 is 4.79 Å². The number of nitrogens with zero attached hydrogens (tertiary/aromatic N) is 3. The van der Waals surface area contributed by atoms with Gasteiger partial charge in [-0.05, 0) is 69.4 Å². The van der Waals surface area contributed by atoms with Gasteiger partial charge in [0.2, 0.25) is 0 Å². The summed E-state index contributed by atoms with van der Waals surface area (Å²) < 4.78 is 0. The van der Waals surface area contributed by atoms with Crippen LogP contribution in [0.15, 0.2) is 42.6 Å². The van der Waals surface area contributed by atoms with Gasteiger partial charge in [0.1, 0.15) is 11.3 Å². The van der Waals surface area contributed by atoms with Crippen LogP contribution in [-0.2, 0) is 0 Å². The molecule has 2 N–H and O–H groups in total. The van der Waals surface area contributed by atoms with Gasteiger partial charge in [0.15, 0.2) is 0 Å². The number of carbonyl (C=O) groups excluding carboxylic acids is 1. The Morgan fingerprint density at radius 2 is 2.17 bits per heavy atom. The lowest BCUT2D eigenvalue weighted by atomic mass is 9.96. The molecule has 0 bridgehead atoms. The van der Waals surface area contributed by atoms with Gasteiger partial charge in [0.05, 0.1) is 17.2 Å². The Morgan fingerprint density at radius 3 is 2.93 bits per heavy atom. The average Bonchev–Trinajstić information content (AvgIpc) is 3.22. The number of nitriles is 1. The van der Waals surface area contributed by atoms with E-state index in [0.29, 0.717) is 11.4 Å². The molecule has 0 fully saturated rings. The van der Waals surface area contributed by atoms with E-state index in [1.165, 1.54) is 18.4 Å². The molecule has 1 aliphatic rings. The third kappa shape index (κ3) is 4.25. The van der Waals surface area contributed by atoms with E-state index in [0.717, 1.165) is 35.1 Å². The van der Waals surface area contributed by atoms with E-state index in [4.69, 9.17) is 5.26 Å².